The van der Waals surface area contributed by atoms with E-state index < -0.39 is 0 Å². The van der Waals surface area contributed by atoms with Crippen molar-refractivity contribution >= 4 is 6.03 Å². The van der Waals surface area contributed by atoms with Crippen molar-refractivity contribution in [2.24, 2.45) is 5.73 Å². The van der Waals surface area contributed by atoms with Crippen LogP contribution < -0.4 is 11.1 Å². The number of nitrogens with two attached hydrogens (primary N) is 1. The average molecular weight is 199 g/mol. The van der Waals surface area contributed by atoms with Gasteiger partial charge in [-0.15, -0.1) is 0 Å². The van der Waals surface area contributed by atoms with E-state index in [1.165, 1.54) is 0 Å². The van der Waals surface area contributed by atoms with Crippen LogP contribution in [0.1, 0.15) is 0 Å². The third-order valence-corrected chi connectivity index (χ3v) is 1.97. The molecule has 1 rings (SSSR count). The molecule has 2 amide bonds. The van der Waals surface area contributed by atoms with Crippen molar-refractivity contribution in [2.45, 2.75) is 0 Å². The minimum absolute atomic E-state index is 0.0324. The molecule has 14 heavy (non-hydrogen) atoms. The Bertz CT molecular complexity index is 200. The number of urea groups is 1. The third-order valence-electron chi connectivity index (χ3n) is 1.97. The van der Waals surface area contributed by atoms with Crippen LogP contribution in [0, 0.1) is 0 Å². The molecular weight excluding hydrogens is 182 g/mol. The second-order valence-corrected chi connectivity index (χ2v) is 2.99. The quantitative estimate of drug-likeness (QED) is 0.605. The van der Waals surface area contributed by atoms with E-state index in [4.69, 9.17) is 10.5 Å². The number of hydrogen-bond donors (Lipinski definition) is 2. The number of morpholine rings is 1. The zero-order valence-corrected chi connectivity index (χ0v) is 8.24. The maximum atomic E-state index is 11.5. The lowest BCUT2D eigenvalue weighted by Crippen LogP contribution is -2.46. The standard InChI is InChI=1S/C9H17N3O2/c10-3-1-2-4-11-9(13)12-5-7-14-8-6-12/h1-2H,3-8,10H2,(H,11,13)/b2-1+. The lowest BCUT2D eigenvalue weighted by atomic mass is 10.4. The zero-order valence-electron chi connectivity index (χ0n) is 8.24. The van der Waals surface area contributed by atoms with Gasteiger partial charge in [0, 0.05) is 26.2 Å². The summed E-state index contributed by atoms with van der Waals surface area (Å²) in [5.41, 5.74) is 5.26. The first-order chi connectivity index (χ1) is 6.84. The van der Waals surface area contributed by atoms with E-state index in [-0.39, 0.29) is 6.03 Å². The molecular formula is C9H17N3O2. The summed E-state index contributed by atoms with van der Waals surface area (Å²) in [7, 11) is 0. The van der Waals surface area contributed by atoms with Crippen molar-refractivity contribution < 1.29 is 9.53 Å². The summed E-state index contributed by atoms with van der Waals surface area (Å²) in [5.74, 6) is 0. The van der Waals surface area contributed by atoms with Crippen molar-refractivity contribution in [1.29, 1.82) is 0 Å². The lowest BCUT2D eigenvalue weighted by Gasteiger charge is -2.26. The largest absolute Gasteiger partial charge is 0.378 e. The maximum Gasteiger partial charge on any atom is 0.317 e. The fraction of sp³-hybridized carbons (Fsp3) is 0.667. The second-order valence-electron chi connectivity index (χ2n) is 2.99. The molecule has 0 aliphatic carbocycles. The second kappa shape index (κ2) is 6.39. The van der Waals surface area contributed by atoms with Crippen LogP contribution in [0.15, 0.2) is 12.2 Å². The van der Waals surface area contributed by atoms with E-state index in [2.05, 4.69) is 5.32 Å². The monoisotopic (exact) mass is 199 g/mol. The predicted molar refractivity (Wildman–Crippen MR) is 54.0 cm³/mol. The van der Waals surface area contributed by atoms with E-state index in [9.17, 15) is 4.79 Å². The molecule has 0 spiro atoms. The highest BCUT2D eigenvalue weighted by Gasteiger charge is 2.15. The first-order valence-corrected chi connectivity index (χ1v) is 4.80. The molecule has 1 fully saturated rings. The van der Waals surface area contributed by atoms with E-state index in [1.54, 1.807) is 4.90 Å². The highest BCUT2D eigenvalue weighted by atomic mass is 16.5. The van der Waals surface area contributed by atoms with E-state index >= 15 is 0 Å². The van der Waals surface area contributed by atoms with Crippen molar-refractivity contribution in [2.75, 3.05) is 39.4 Å². The van der Waals surface area contributed by atoms with Gasteiger partial charge in [0.05, 0.1) is 13.2 Å². The zero-order chi connectivity index (χ0) is 10.2. The topological polar surface area (TPSA) is 67.6 Å². The Morgan fingerprint density at radius 1 is 1.43 bits per heavy atom. The van der Waals surface area contributed by atoms with Gasteiger partial charge in [0.2, 0.25) is 0 Å². The van der Waals surface area contributed by atoms with Gasteiger partial charge in [-0.2, -0.15) is 0 Å². The number of ether oxygens (including phenoxy) is 1. The number of carbonyl (C=O) groups is 1. The molecule has 1 heterocycles. The van der Waals surface area contributed by atoms with Crippen molar-refractivity contribution in [3.63, 3.8) is 0 Å². The van der Waals surface area contributed by atoms with Crippen molar-refractivity contribution in [3.05, 3.63) is 12.2 Å². The first-order valence-electron chi connectivity index (χ1n) is 4.80. The van der Waals surface area contributed by atoms with Crippen LogP contribution in [-0.4, -0.2) is 50.3 Å². The van der Waals surface area contributed by atoms with Gasteiger partial charge < -0.3 is 20.7 Å². The van der Waals surface area contributed by atoms with Gasteiger partial charge in [-0.05, 0) is 0 Å². The number of rotatable bonds is 3. The van der Waals surface area contributed by atoms with Gasteiger partial charge in [-0.1, -0.05) is 12.2 Å². The van der Waals surface area contributed by atoms with Crippen molar-refractivity contribution in [3.8, 4) is 0 Å². The summed E-state index contributed by atoms with van der Waals surface area (Å²) >= 11 is 0. The lowest BCUT2D eigenvalue weighted by molar-refractivity contribution is 0.0534. The van der Waals surface area contributed by atoms with Crippen LogP contribution in [0.5, 0.6) is 0 Å². The molecule has 0 bridgehead atoms. The van der Waals surface area contributed by atoms with Gasteiger partial charge in [0.15, 0.2) is 0 Å². The number of nitrogens with one attached hydrogen (secondary N) is 1. The predicted octanol–water partition coefficient (Wildman–Crippen LogP) is -0.457. The fourth-order valence-electron chi connectivity index (χ4n) is 1.20. The molecule has 1 saturated heterocycles. The van der Waals surface area contributed by atoms with Crippen LogP contribution in [0.25, 0.3) is 0 Å². The molecule has 5 nitrogen and oxygen atoms in total. The number of hydrogen-bond acceptors (Lipinski definition) is 3. The molecule has 0 aromatic heterocycles. The molecule has 80 valence electrons. The normalized spacial score (nSPS) is 17.4. The molecule has 1 aliphatic heterocycles. The van der Waals surface area contributed by atoms with E-state index in [0.29, 0.717) is 39.4 Å². The number of nitrogens with zero attached hydrogens (tertiary/aromatic N) is 1. The molecule has 0 saturated carbocycles. The van der Waals surface area contributed by atoms with Crippen LogP contribution in [0.3, 0.4) is 0 Å². The summed E-state index contributed by atoms with van der Waals surface area (Å²) < 4.78 is 5.14. The summed E-state index contributed by atoms with van der Waals surface area (Å²) in [5, 5.41) is 2.78. The number of carbonyl (C=O) groups excluding carboxylic acids is 1. The third kappa shape index (κ3) is 3.76. The van der Waals surface area contributed by atoms with Crippen molar-refractivity contribution in [1.82, 2.24) is 10.2 Å². The maximum absolute atomic E-state index is 11.5. The van der Waals surface area contributed by atoms with Crippen LogP contribution in [0.4, 0.5) is 4.79 Å². The molecule has 5 heteroatoms. The Labute approximate surface area is 83.9 Å². The summed E-state index contributed by atoms with van der Waals surface area (Å²) in [6, 6.07) is -0.0324. The Balaban J connectivity index is 2.16. The SMILES string of the molecule is NC/C=C/CNC(=O)N1CCOCC1. The highest BCUT2D eigenvalue weighted by Crippen LogP contribution is 1.96. The molecule has 0 aromatic carbocycles. The Morgan fingerprint density at radius 2 is 2.14 bits per heavy atom. The molecule has 3 N–H and O–H groups in total. The Morgan fingerprint density at radius 3 is 2.79 bits per heavy atom. The van der Waals surface area contributed by atoms with Gasteiger partial charge in [-0.25, -0.2) is 4.79 Å². The summed E-state index contributed by atoms with van der Waals surface area (Å²) in [6.45, 7) is 3.65. The molecule has 0 radical (unpaired) electrons. The first kappa shape index (κ1) is 11.0. The van der Waals surface area contributed by atoms with Gasteiger partial charge in [0.25, 0.3) is 0 Å². The van der Waals surface area contributed by atoms with Crippen LogP contribution in [0.2, 0.25) is 0 Å². The highest BCUT2D eigenvalue weighted by molar-refractivity contribution is 5.74. The van der Waals surface area contributed by atoms with Gasteiger partial charge >= 0.3 is 6.03 Å². The molecule has 0 aromatic rings. The van der Waals surface area contributed by atoms with Crippen LogP contribution >= 0.6 is 0 Å². The van der Waals surface area contributed by atoms with Gasteiger partial charge in [-0.3, -0.25) is 0 Å². The molecule has 0 atom stereocenters. The minimum atomic E-state index is -0.0324. The van der Waals surface area contributed by atoms with Gasteiger partial charge in [0.1, 0.15) is 0 Å². The smallest absolute Gasteiger partial charge is 0.317 e. The summed E-state index contributed by atoms with van der Waals surface area (Å²) in [6.07, 6.45) is 3.66. The Kier molecular flexibility index (Phi) is 5.03. The molecule has 1 aliphatic rings. The summed E-state index contributed by atoms with van der Waals surface area (Å²) in [4.78, 5) is 13.2. The van der Waals surface area contributed by atoms with Crippen LogP contribution in [-0.2, 0) is 4.74 Å². The van der Waals surface area contributed by atoms with E-state index in [0.717, 1.165) is 0 Å². The van der Waals surface area contributed by atoms with E-state index in [1.807, 2.05) is 12.2 Å². The Hall–Kier alpha value is -1.07. The molecule has 0 unspecified atom stereocenters. The fourth-order valence-corrected chi connectivity index (χ4v) is 1.20. The number of amides is 2. The minimum Gasteiger partial charge on any atom is -0.378 e. The average Bonchev–Trinajstić information content (AvgIpc) is 2.25.